The summed E-state index contributed by atoms with van der Waals surface area (Å²) in [6, 6.07) is 8.02. The number of amides is 1. The van der Waals surface area contributed by atoms with Crippen LogP contribution >= 0.6 is 0 Å². The van der Waals surface area contributed by atoms with E-state index in [4.69, 9.17) is 4.52 Å². The molecule has 1 aliphatic heterocycles. The Bertz CT molecular complexity index is 1190. The highest BCUT2D eigenvalue weighted by Crippen LogP contribution is 2.34. The first kappa shape index (κ1) is 23.6. The second kappa shape index (κ2) is 8.99. The van der Waals surface area contributed by atoms with Crippen molar-refractivity contribution in [2.75, 3.05) is 32.6 Å². The lowest BCUT2D eigenvalue weighted by Crippen LogP contribution is -2.37. The predicted octanol–water partition coefficient (Wildman–Crippen LogP) is 2.23. The molecule has 13 heteroatoms. The van der Waals surface area contributed by atoms with Crippen LogP contribution in [0.4, 0.5) is 19.1 Å². The molecule has 0 aliphatic carbocycles. The van der Waals surface area contributed by atoms with E-state index in [0.29, 0.717) is 29.3 Å². The molecule has 2 unspecified atom stereocenters. The average molecular weight is 478 g/mol. The summed E-state index contributed by atoms with van der Waals surface area (Å²) in [6.07, 6.45) is -4.97. The van der Waals surface area contributed by atoms with E-state index in [1.54, 1.807) is 31.3 Å². The van der Waals surface area contributed by atoms with Gasteiger partial charge in [-0.3, -0.25) is 4.79 Å². The van der Waals surface area contributed by atoms with Crippen LogP contribution in [0.3, 0.4) is 0 Å². The molecule has 34 heavy (non-hydrogen) atoms. The van der Waals surface area contributed by atoms with Crippen molar-refractivity contribution >= 4 is 11.9 Å². The number of hydrogen-bond donors (Lipinski definition) is 2. The van der Waals surface area contributed by atoms with Gasteiger partial charge in [-0.2, -0.15) is 13.2 Å². The summed E-state index contributed by atoms with van der Waals surface area (Å²) < 4.78 is 48.3. The maximum Gasteiger partial charge on any atom is 0.416 e. The zero-order valence-corrected chi connectivity index (χ0v) is 18.2. The third-order valence-corrected chi connectivity index (χ3v) is 5.45. The van der Waals surface area contributed by atoms with Crippen LogP contribution in [-0.4, -0.2) is 75.5 Å². The molecule has 0 radical (unpaired) electrons. The van der Waals surface area contributed by atoms with Crippen LogP contribution in [0.5, 0.6) is 0 Å². The molecule has 2 N–H and O–H groups in total. The minimum absolute atomic E-state index is 0.0224. The monoisotopic (exact) mass is 478 g/mol. The van der Waals surface area contributed by atoms with Crippen LogP contribution in [0.1, 0.15) is 12.2 Å². The lowest BCUT2D eigenvalue weighted by Gasteiger charge is -2.19. The van der Waals surface area contributed by atoms with Gasteiger partial charge < -0.3 is 24.6 Å². The van der Waals surface area contributed by atoms with Crippen LogP contribution in [0.15, 0.2) is 41.1 Å². The van der Waals surface area contributed by atoms with Crippen LogP contribution in [0, 0.1) is 0 Å². The topological polar surface area (TPSA) is 126 Å². The number of pyridine rings is 1. The quantitative estimate of drug-likeness (QED) is 0.526. The standard InChI is InChI=1S/C21H21F3N6O4/c1-30-9-7-20(32,18(30)31)16-10-15(29-34-16)13-5-3-4-12(27-13)14-6-8-25-19(28-14)26-11-17(33-2)21(22,23)24/h3-6,8,10,17,32H,7,9,11H2,1-2H3,(H,25,26,28). The Labute approximate surface area is 191 Å². The normalized spacial score (nSPS) is 19.5. The molecule has 0 spiro atoms. The lowest BCUT2D eigenvalue weighted by molar-refractivity contribution is -0.207. The second-order valence-corrected chi connectivity index (χ2v) is 7.73. The van der Waals surface area contributed by atoms with Crippen molar-refractivity contribution in [2.45, 2.75) is 24.3 Å². The molecule has 2 atom stereocenters. The van der Waals surface area contributed by atoms with Crippen molar-refractivity contribution in [1.82, 2.24) is 25.0 Å². The van der Waals surface area contributed by atoms with Gasteiger partial charge in [-0.15, -0.1) is 0 Å². The number of likely N-dealkylation sites (N-methyl/N-ethyl adjacent to an activating group) is 1. The molecular formula is C21H21F3N6O4. The van der Waals surface area contributed by atoms with Crippen LogP contribution in [-0.2, 0) is 15.1 Å². The van der Waals surface area contributed by atoms with Crippen molar-refractivity contribution in [1.29, 1.82) is 0 Å². The van der Waals surface area contributed by atoms with E-state index in [0.717, 1.165) is 7.11 Å². The van der Waals surface area contributed by atoms with Gasteiger partial charge in [0.25, 0.3) is 5.91 Å². The van der Waals surface area contributed by atoms with Gasteiger partial charge in [0.2, 0.25) is 11.5 Å². The van der Waals surface area contributed by atoms with E-state index >= 15 is 0 Å². The first-order valence-electron chi connectivity index (χ1n) is 10.2. The second-order valence-electron chi connectivity index (χ2n) is 7.73. The molecule has 4 rings (SSSR count). The van der Waals surface area contributed by atoms with Gasteiger partial charge in [-0.05, 0) is 18.2 Å². The summed E-state index contributed by atoms with van der Waals surface area (Å²) in [5, 5.41) is 17.2. The minimum Gasteiger partial charge on any atom is -0.373 e. The van der Waals surface area contributed by atoms with Gasteiger partial charge in [0.05, 0.1) is 23.6 Å². The van der Waals surface area contributed by atoms with E-state index in [1.165, 1.54) is 17.2 Å². The third-order valence-electron chi connectivity index (χ3n) is 5.45. The van der Waals surface area contributed by atoms with Crippen LogP contribution < -0.4 is 5.32 Å². The van der Waals surface area contributed by atoms with Gasteiger partial charge >= 0.3 is 6.18 Å². The van der Waals surface area contributed by atoms with E-state index in [1.807, 2.05) is 0 Å². The first-order chi connectivity index (χ1) is 16.1. The van der Waals surface area contributed by atoms with E-state index in [9.17, 15) is 23.1 Å². The number of carbonyl (C=O) groups excluding carboxylic acids is 1. The van der Waals surface area contributed by atoms with Crippen LogP contribution in [0.25, 0.3) is 22.8 Å². The molecule has 180 valence electrons. The molecule has 1 aliphatic rings. The Morgan fingerprint density at radius 2 is 1.94 bits per heavy atom. The number of rotatable bonds is 7. The van der Waals surface area contributed by atoms with E-state index < -0.39 is 30.3 Å². The highest BCUT2D eigenvalue weighted by molar-refractivity contribution is 5.87. The summed E-state index contributed by atoms with van der Waals surface area (Å²) >= 11 is 0. The number of likely N-dealkylation sites (tertiary alicyclic amines) is 1. The Balaban J connectivity index is 1.54. The zero-order valence-electron chi connectivity index (χ0n) is 18.2. The zero-order chi connectivity index (χ0) is 24.5. The third kappa shape index (κ3) is 4.56. The molecule has 1 amide bonds. The Morgan fingerprint density at radius 3 is 2.59 bits per heavy atom. The number of hydrogen-bond acceptors (Lipinski definition) is 9. The fourth-order valence-electron chi connectivity index (χ4n) is 3.50. The molecule has 10 nitrogen and oxygen atoms in total. The predicted molar refractivity (Wildman–Crippen MR) is 112 cm³/mol. The maximum absolute atomic E-state index is 12.9. The summed E-state index contributed by atoms with van der Waals surface area (Å²) in [6.45, 7) is -0.174. The molecule has 1 saturated heterocycles. The molecular weight excluding hydrogens is 457 g/mol. The first-order valence-corrected chi connectivity index (χ1v) is 10.2. The number of alkyl halides is 3. The van der Waals surface area contributed by atoms with Crippen molar-refractivity contribution in [3.8, 4) is 22.8 Å². The van der Waals surface area contributed by atoms with Gasteiger partial charge in [-0.1, -0.05) is 11.2 Å². The van der Waals surface area contributed by atoms with Crippen molar-refractivity contribution in [2.24, 2.45) is 0 Å². The number of carbonyl (C=O) groups is 1. The summed E-state index contributed by atoms with van der Waals surface area (Å²) in [7, 11) is 2.56. The lowest BCUT2D eigenvalue weighted by atomic mass is 9.98. The van der Waals surface area contributed by atoms with E-state index in [-0.39, 0.29) is 18.1 Å². The van der Waals surface area contributed by atoms with Gasteiger partial charge in [0.1, 0.15) is 5.69 Å². The Kier molecular flexibility index (Phi) is 6.23. The van der Waals surface area contributed by atoms with Gasteiger partial charge in [0.15, 0.2) is 11.9 Å². The van der Waals surface area contributed by atoms with Crippen molar-refractivity contribution < 1.29 is 32.3 Å². The number of ether oxygens (including phenoxy) is 1. The highest BCUT2D eigenvalue weighted by atomic mass is 19.4. The maximum atomic E-state index is 12.9. The van der Waals surface area contributed by atoms with Crippen molar-refractivity contribution in [3.63, 3.8) is 0 Å². The molecule has 0 aromatic carbocycles. The number of anilines is 1. The fraction of sp³-hybridized carbons (Fsp3) is 0.381. The number of nitrogens with zero attached hydrogens (tertiary/aromatic N) is 5. The van der Waals surface area contributed by atoms with Crippen LogP contribution in [0.2, 0.25) is 0 Å². The smallest absolute Gasteiger partial charge is 0.373 e. The molecule has 0 bridgehead atoms. The summed E-state index contributed by atoms with van der Waals surface area (Å²) in [4.78, 5) is 26.3. The summed E-state index contributed by atoms with van der Waals surface area (Å²) in [5.41, 5.74) is -0.327. The minimum atomic E-state index is -4.53. The van der Waals surface area contributed by atoms with Gasteiger partial charge in [-0.25, -0.2) is 15.0 Å². The molecule has 3 aromatic rings. The fourth-order valence-corrected chi connectivity index (χ4v) is 3.50. The number of aliphatic hydroxyl groups is 1. The average Bonchev–Trinajstić information content (AvgIpc) is 3.41. The number of halogens is 3. The molecule has 3 aromatic heterocycles. The molecule has 4 heterocycles. The number of methoxy groups -OCH3 is 1. The van der Waals surface area contributed by atoms with Crippen molar-refractivity contribution in [3.05, 3.63) is 42.3 Å². The molecule has 0 saturated carbocycles. The SMILES string of the molecule is COC(CNc1nccc(-c2cccc(-c3cc(C4(O)CCN(C)C4=O)on3)n2)n1)C(F)(F)F. The number of nitrogens with one attached hydrogen (secondary N) is 1. The number of aromatic nitrogens is 4. The van der Waals surface area contributed by atoms with E-state index in [2.05, 4.69) is 30.2 Å². The Hall–Kier alpha value is -3.58. The highest BCUT2D eigenvalue weighted by Gasteiger charge is 2.48. The molecule has 1 fully saturated rings. The van der Waals surface area contributed by atoms with Gasteiger partial charge in [0, 0.05) is 39.4 Å². The summed E-state index contributed by atoms with van der Waals surface area (Å²) in [5.74, 6) is -0.472. The Morgan fingerprint density at radius 1 is 1.24 bits per heavy atom. The largest absolute Gasteiger partial charge is 0.416 e.